The molecule has 186 valence electrons. The minimum absolute atomic E-state index is 0.224. The molecular formula is C29H38N4O2. The summed E-state index contributed by atoms with van der Waals surface area (Å²) >= 11 is 0. The van der Waals surface area contributed by atoms with Crippen LogP contribution in [0.1, 0.15) is 58.0 Å². The smallest absolute Gasteiger partial charge is 0.410 e. The van der Waals surface area contributed by atoms with Crippen LogP contribution in [0.5, 0.6) is 0 Å². The molecule has 2 aliphatic rings. The molecule has 3 heterocycles. The Bertz CT molecular complexity index is 1080. The molecule has 0 N–H and O–H groups in total. The van der Waals surface area contributed by atoms with Crippen molar-refractivity contribution in [2.75, 3.05) is 26.2 Å². The van der Waals surface area contributed by atoms with E-state index in [1.807, 2.05) is 32.9 Å². The fourth-order valence-corrected chi connectivity index (χ4v) is 4.38. The lowest BCUT2D eigenvalue weighted by atomic mass is 9.98. The summed E-state index contributed by atoms with van der Waals surface area (Å²) in [6.07, 6.45) is 14.5. The molecule has 6 nitrogen and oxygen atoms in total. The molecule has 35 heavy (non-hydrogen) atoms. The van der Waals surface area contributed by atoms with E-state index in [1.165, 1.54) is 0 Å². The van der Waals surface area contributed by atoms with E-state index in [2.05, 4.69) is 45.8 Å². The Morgan fingerprint density at radius 1 is 1.00 bits per heavy atom. The maximum Gasteiger partial charge on any atom is 0.410 e. The number of likely N-dealkylation sites (tertiary alicyclic amines) is 2. The number of hydrogen-bond donors (Lipinski definition) is 0. The Morgan fingerprint density at radius 3 is 2.14 bits per heavy atom. The second kappa shape index (κ2) is 12.0. The maximum atomic E-state index is 11.7. The Balaban J connectivity index is 0.000000205. The van der Waals surface area contributed by atoms with E-state index in [1.54, 1.807) is 4.90 Å². The monoisotopic (exact) mass is 474 g/mol. The molecule has 6 heteroatoms. The number of piperidine rings is 2. The standard InChI is InChI=1S/C17H19N3.C12H19NO2/c1-3-14-8-10-20(11-9-14)12-17-18-13(2)15-6-4-5-7-16(15)19-17;1-5-10-6-8-13(9-7-10)11(14)15-12(2,3)4/h1,4-7,14H,8-12H2,2H3;1,10H,6-9H2,2-4H3. The van der Waals surface area contributed by atoms with Crippen LogP contribution in [-0.4, -0.2) is 57.6 Å². The van der Waals surface area contributed by atoms with E-state index in [-0.39, 0.29) is 6.09 Å². The van der Waals surface area contributed by atoms with E-state index < -0.39 is 5.60 Å². The van der Waals surface area contributed by atoms with Gasteiger partial charge in [0.1, 0.15) is 11.4 Å². The van der Waals surface area contributed by atoms with Crippen LogP contribution in [-0.2, 0) is 11.3 Å². The number of carbonyl (C=O) groups is 1. The molecule has 0 unspecified atom stereocenters. The predicted octanol–water partition coefficient (Wildman–Crippen LogP) is 5.05. The van der Waals surface area contributed by atoms with Gasteiger partial charge in [-0.1, -0.05) is 18.2 Å². The van der Waals surface area contributed by atoms with Crippen molar-refractivity contribution in [3.63, 3.8) is 0 Å². The van der Waals surface area contributed by atoms with Gasteiger partial charge in [-0.25, -0.2) is 14.8 Å². The number of nitrogens with zero attached hydrogens (tertiary/aromatic N) is 4. The average molecular weight is 475 g/mol. The Kier molecular flexibility index (Phi) is 9.13. The van der Waals surface area contributed by atoms with Crippen molar-refractivity contribution in [1.29, 1.82) is 0 Å². The number of amides is 1. The molecule has 0 bridgehead atoms. The van der Waals surface area contributed by atoms with Gasteiger partial charge < -0.3 is 9.64 Å². The van der Waals surface area contributed by atoms with Crippen molar-refractivity contribution in [1.82, 2.24) is 19.8 Å². The van der Waals surface area contributed by atoms with Gasteiger partial charge in [-0.15, -0.1) is 24.7 Å². The average Bonchev–Trinajstić information content (AvgIpc) is 2.84. The zero-order valence-corrected chi connectivity index (χ0v) is 21.6. The Morgan fingerprint density at radius 2 is 1.57 bits per heavy atom. The first kappa shape index (κ1) is 26.5. The number of para-hydroxylation sites is 1. The number of fused-ring (bicyclic) bond motifs is 1. The zero-order chi connectivity index (χ0) is 25.4. The Hall–Kier alpha value is -3.09. The third-order valence-electron chi connectivity index (χ3n) is 6.41. The minimum Gasteiger partial charge on any atom is -0.444 e. The highest BCUT2D eigenvalue weighted by atomic mass is 16.6. The van der Waals surface area contributed by atoms with Crippen molar-refractivity contribution in [2.24, 2.45) is 11.8 Å². The van der Waals surface area contributed by atoms with Crippen molar-refractivity contribution in [2.45, 2.75) is 65.5 Å². The second-order valence-electron chi connectivity index (χ2n) is 10.4. The number of aromatic nitrogens is 2. The molecule has 2 aromatic rings. The predicted molar refractivity (Wildman–Crippen MR) is 140 cm³/mol. The maximum absolute atomic E-state index is 11.7. The van der Waals surface area contributed by atoms with E-state index in [0.717, 1.165) is 67.7 Å². The van der Waals surface area contributed by atoms with Crippen molar-refractivity contribution >= 4 is 17.0 Å². The molecule has 2 aliphatic heterocycles. The van der Waals surface area contributed by atoms with Gasteiger partial charge in [0.25, 0.3) is 0 Å². The summed E-state index contributed by atoms with van der Waals surface area (Å²) in [7, 11) is 0. The SMILES string of the molecule is C#CC1CCN(C(=O)OC(C)(C)C)CC1.C#CC1CCN(Cc2nc(C)c3ccccc3n2)CC1. The highest BCUT2D eigenvalue weighted by Gasteiger charge is 2.26. The van der Waals surface area contributed by atoms with Crippen molar-refractivity contribution < 1.29 is 9.53 Å². The van der Waals surface area contributed by atoms with E-state index in [4.69, 9.17) is 17.6 Å². The molecule has 1 aromatic heterocycles. The Labute approximate surface area is 210 Å². The molecule has 1 amide bonds. The van der Waals surface area contributed by atoms with Gasteiger partial charge in [0, 0.05) is 36.0 Å². The van der Waals surface area contributed by atoms with E-state index >= 15 is 0 Å². The fourth-order valence-electron chi connectivity index (χ4n) is 4.38. The van der Waals surface area contributed by atoms with Gasteiger partial charge in [0.05, 0.1) is 12.1 Å². The quantitative estimate of drug-likeness (QED) is 0.570. The number of ether oxygens (including phenoxy) is 1. The van der Waals surface area contributed by atoms with Gasteiger partial charge in [-0.05, 0) is 72.5 Å². The third-order valence-corrected chi connectivity index (χ3v) is 6.41. The van der Waals surface area contributed by atoms with E-state index in [9.17, 15) is 4.79 Å². The molecule has 0 saturated carbocycles. The van der Waals surface area contributed by atoms with Crippen molar-refractivity contribution in [3.05, 3.63) is 35.8 Å². The van der Waals surface area contributed by atoms with Crippen LogP contribution in [0, 0.1) is 43.4 Å². The summed E-state index contributed by atoms with van der Waals surface area (Å²) < 4.78 is 5.28. The minimum atomic E-state index is -0.417. The number of aryl methyl sites for hydroxylation is 1. The van der Waals surface area contributed by atoms with Gasteiger partial charge in [-0.3, -0.25) is 4.90 Å². The summed E-state index contributed by atoms with van der Waals surface area (Å²) in [6.45, 7) is 12.0. The molecule has 0 atom stereocenters. The first-order valence-electron chi connectivity index (χ1n) is 12.5. The van der Waals surface area contributed by atoms with Crippen LogP contribution in [0.15, 0.2) is 24.3 Å². The van der Waals surface area contributed by atoms with Crippen LogP contribution in [0.2, 0.25) is 0 Å². The lowest BCUT2D eigenvalue weighted by Gasteiger charge is -2.31. The molecule has 2 fully saturated rings. The fraction of sp³-hybridized carbons (Fsp3) is 0.552. The highest BCUT2D eigenvalue weighted by Crippen LogP contribution is 2.20. The van der Waals surface area contributed by atoms with Crippen molar-refractivity contribution in [3.8, 4) is 24.7 Å². The molecule has 4 rings (SSSR count). The number of benzene rings is 1. The molecule has 0 radical (unpaired) electrons. The van der Waals surface area contributed by atoms with Crippen LogP contribution < -0.4 is 0 Å². The van der Waals surface area contributed by atoms with Gasteiger partial charge in [0.2, 0.25) is 0 Å². The normalized spacial score (nSPS) is 17.7. The van der Waals surface area contributed by atoms with Gasteiger partial charge >= 0.3 is 6.09 Å². The topological polar surface area (TPSA) is 58.6 Å². The van der Waals surface area contributed by atoms with Crippen LogP contribution in [0.4, 0.5) is 4.79 Å². The summed E-state index contributed by atoms with van der Waals surface area (Å²) in [4.78, 5) is 25.1. The van der Waals surface area contributed by atoms with Gasteiger partial charge in [-0.2, -0.15) is 0 Å². The molecule has 2 saturated heterocycles. The summed E-state index contributed by atoms with van der Waals surface area (Å²) in [5.41, 5.74) is 1.68. The van der Waals surface area contributed by atoms with Crippen LogP contribution in [0.3, 0.4) is 0 Å². The number of rotatable bonds is 2. The summed E-state index contributed by atoms with van der Waals surface area (Å²) in [5.74, 6) is 7.29. The lowest BCUT2D eigenvalue weighted by Crippen LogP contribution is -2.41. The highest BCUT2D eigenvalue weighted by molar-refractivity contribution is 5.80. The van der Waals surface area contributed by atoms with Crippen LogP contribution >= 0.6 is 0 Å². The molecular weight excluding hydrogens is 436 g/mol. The number of hydrogen-bond acceptors (Lipinski definition) is 5. The van der Waals surface area contributed by atoms with Gasteiger partial charge in [0.15, 0.2) is 0 Å². The summed E-state index contributed by atoms with van der Waals surface area (Å²) in [5, 5.41) is 1.14. The first-order valence-corrected chi connectivity index (χ1v) is 12.5. The number of carbonyl (C=O) groups excluding carboxylic acids is 1. The molecule has 0 aliphatic carbocycles. The molecule has 1 aromatic carbocycles. The second-order valence-corrected chi connectivity index (χ2v) is 10.4. The molecule has 0 spiro atoms. The number of terminal acetylenes is 2. The van der Waals surface area contributed by atoms with E-state index in [0.29, 0.717) is 24.9 Å². The third kappa shape index (κ3) is 7.98. The van der Waals surface area contributed by atoms with Crippen LogP contribution in [0.25, 0.3) is 10.9 Å². The zero-order valence-electron chi connectivity index (χ0n) is 21.6. The first-order chi connectivity index (χ1) is 16.7. The summed E-state index contributed by atoms with van der Waals surface area (Å²) in [6, 6.07) is 8.19. The largest absolute Gasteiger partial charge is 0.444 e. The lowest BCUT2D eigenvalue weighted by molar-refractivity contribution is 0.0199.